The van der Waals surface area contributed by atoms with Crippen LogP contribution in [0.4, 0.5) is 10.1 Å². The lowest BCUT2D eigenvalue weighted by atomic mass is 10.1. The summed E-state index contributed by atoms with van der Waals surface area (Å²) in [7, 11) is -3.04. The van der Waals surface area contributed by atoms with Gasteiger partial charge in [0, 0.05) is 13.5 Å². The predicted octanol–water partition coefficient (Wildman–Crippen LogP) is -0.166. The van der Waals surface area contributed by atoms with Gasteiger partial charge >= 0.3 is 0 Å². The fraction of sp³-hybridized carbons (Fsp3) is 0.333. The van der Waals surface area contributed by atoms with Crippen LogP contribution in [0.15, 0.2) is 23.1 Å². The molecule has 1 fully saturated rings. The fourth-order valence-corrected chi connectivity index (χ4v) is 3.49. The van der Waals surface area contributed by atoms with Crippen LogP contribution in [0.25, 0.3) is 0 Å². The van der Waals surface area contributed by atoms with Crippen molar-refractivity contribution in [1.29, 1.82) is 0 Å². The van der Waals surface area contributed by atoms with Crippen LogP contribution in [0.1, 0.15) is 12.8 Å². The third-order valence-corrected chi connectivity index (χ3v) is 4.78. The van der Waals surface area contributed by atoms with Gasteiger partial charge in [-0.05, 0) is 18.6 Å². The first-order valence-electron chi connectivity index (χ1n) is 6.11. The summed E-state index contributed by atoms with van der Waals surface area (Å²) in [6.45, 7) is 0. The molecule has 1 saturated heterocycles. The Kier molecular flexibility index (Phi) is 3.97. The molecule has 1 heterocycles. The lowest BCUT2D eigenvalue weighted by Crippen LogP contribution is -2.52. The van der Waals surface area contributed by atoms with E-state index in [0.29, 0.717) is 0 Å². The maximum Gasteiger partial charge on any atom is 0.247 e. The van der Waals surface area contributed by atoms with Gasteiger partial charge in [-0.25, -0.2) is 12.8 Å². The second-order valence-electron chi connectivity index (χ2n) is 4.66. The molecular weight excluding hydrogens is 301 g/mol. The second-order valence-corrected chi connectivity index (χ2v) is 6.31. The van der Waals surface area contributed by atoms with Gasteiger partial charge in [0.15, 0.2) is 0 Å². The number of nitrogen functional groups attached to an aromatic ring is 1. The van der Waals surface area contributed by atoms with Crippen molar-refractivity contribution in [3.05, 3.63) is 24.0 Å². The summed E-state index contributed by atoms with van der Waals surface area (Å²) in [4.78, 5) is 23.4. The van der Waals surface area contributed by atoms with Gasteiger partial charge in [0.1, 0.15) is 16.8 Å². The molecule has 1 unspecified atom stereocenters. The van der Waals surface area contributed by atoms with Crippen molar-refractivity contribution >= 4 is 27.5 Å². The number of sulfonamides is 1. The Bertz CT molecular complexity index is 684. The molecule has 0 spiro atoms. The number of hydrogen-bond donors (Lipinski definition) is 2. The lowest BCUT2D eigenvalue weighted by molar-refractivity contribution is -0.147. The van der Waals surface area contributed by atoms with E-state index in [9.17, 15) is 22.4 Å². The number of hydrogen-bond acceptors (Lipinski definition) is 5. The smallest absolute Gasteiger partial charge is 0.247 e. The number of anilines is 1. The van der Waals surface area contributed by atoms with Crippen molar-refractivity contribution in [2.75, 3.05) is 12.8 Å². The molecule has 1 aliphatic rings. The van der Waals surface area contributed by atoms with E-state index in [1.807, 2.05) is 0 Å². The molecule has 0 radical (unpaired) electrons. The summed E-state index contributed by atoms with van der Waals surface area (Å²) >= 11 is 0. The minimum absolute atomic E-state index is 0.0234. The van der Waals surface area contributed by atoms with Crippen molar-refractivity contribution < 1.29 is 22.4 Å². The van der Waals surface area contributed by atoms with Gasteiger partial charge in [-0.2, -0.15) is 4.72 Å². The number of nitrogens with zero attached hydrogens (tertiary/aromatic N) is 1. The third kappa shape index (κ3) is 2.88. The molecule has 114 valence electrons. The molecule has 0 aromatic heterocycles. The summed E-state index contributed by atoms with van der Waals surface area (Å²) in [5, 5.41) is 0. The van der Waals surface area contributed by atoms with E-state index in [1.54, 1.807) is 0 Å². The Morgan fingerprint density at radius 1 is 1.38 bits per heavy atom. The first-order valence-corrected chi connectivity index (χ1v) is 7.59. The number of imide groups is 1. The zero-order valence-electron chi connectivity index (χ0n) is 11.2. The van der Waals surface area contributed by atoms with Gasteiger partial charge < -0.3 is 5.73 Å². The highest BCUT2D eigenvalue weighted by molar-refractivity contribution is 7.89. The summed E-state index contributed by atoms with van der Waals surface area (Å²) in [6, 6.07) is 2.37. The number of piperidine rings is 1. The first kappa shape index (κ1) is 15.4. The number of amides is 2. The van der Waals surface area contributed by atoms with Crippen LogP contribution in [0.5, 0.6) is 0 Å². The summed E-state index contributed by atoms with van der Waals surface area (Å²) in [5.74, 6) is -2.07. The number of carbonyl (C=O) groups is 2. The molecule has 2 amide bonds. The number of rotatable bonds is 3. The van der Waals surface area contributed by atoms with Crippen molar-refractivity contribution in [3.8, 4) is 0 Å². The number of halogens is 1. The highest BCUT2D eigenvalue weighted by Gasteiger charge is 2.36. The van der Waals surface area contributed by atoms with E-state index in [1.165, 1.54) is 19.2 Å². The highest BCUT2D eigenvalue weighted by Crippen LogP contribution is 2.23. The molecule has 21 heavy (non-hydrogen) atoms. The summed E-state index contributed by atoms with van der Waals surface area (Å²) in [6.07, 6.45) is 0.0533. The SMILES string of the molecule is CN1C(=O)CCC(NS(=O)(=O)c2c(N)cccc2F)C1=O. The predicted molar refractivity (Wildman–Crippen MR) is 71.9 cm³/mol. The number of nitrogens with two attached hydrogens (primary N) is 1. The topological polar surface area (TPSA) is 110 Å². The van der Waals surface area contributed by atoms with E-state index in [0.717, 1.165) is 11.0 Å². The van der Waals surface area contributed by atoms with Gasteiger partial charge in [0.25, 0.3) is 0 Å². The monoisotopic (exact) mass is 315 g/mol. The van der Waals surface area contributed by atoms with Gasteiger partial charge in [-0.15, -0.1) is 0 Å². The van der Waals surface area contributed by atoms with E-state index in [4.69, 9.17) is 5.73 Å². The number of carbonyl (C=O) groups excluding carboxylic acids is 2. The quantitative estimate of drug-likeness (QED) is 0.594. The highest BCUT2D eigenvalue weighted by atomic mass is 32.2. The van der Waals surface area contributed by atoms with Crippen LogP contribution in [0.3, 0.4) is 0 Å². The summed E-state index contributed by atoms with van der Waals surface area (Å²) in [5.41, 5.74) is 5.23. The molecule has 7 nitrogen and oxygen atoms in total. The number of likely N-dealkylation sites (N-methyl/N-ethyl adjacent to an activating group) is 1. The normalized spacial score (nSPS) is 19.9. The van der Waals surface area contributed by atoms with Gasteiger partial charge in [0.2, 0.25) is 21.8 Å². The Morgan fingerprint density at radius 3 is 2.67 bits per heavy atom. The van der Waals surface area contributed by atoms with E-state index in [2.05, 4.69) is 4.72 Å². The van der Waals surface area contributed by atoms with Crippen LogP contribution in [0.2, 0.25) is 0 Å². The maximum atomic E-state index is 13.7. The van der Waals surface area contributed by atoms with E-state index in [-0.39, 0.29) is 24.4 Å². The zero-order chi connectivity index (χ0) is 15.8. The molecule has 1 aromatic rings. The molecule has 0 bridgehead atoms. The minimum Gasteiger partial charge on any atom is -0.398 e. The molecule has 1 aliphatic heterocycles. The Balaban J connectivity index is 2.30. The molecule has 0 aliphatic carbocycles. The first-order chi connectivity index (χ1) is 9.74. The molecule has 0 saturated carbocycles. The number of nitrogens with one attached hydrogen (secondary N) is 1. The van der Waals surface area contributed by atoms with Crippen LogP contribution < -0.4 is 10.5 Å². The standard InChI is InChI=1S/C12H14FN3O4S/c1-16-10(17)6-5-9(12(16)18)15-21(19,20)11-7(13)3-2-4-8(11)14/h2-4,9,15H,5-6,14H2,1H3. The second kappa shape index (κ2) is 5.41. The van der Waals surface area contributed by atoms with Crippen molar-refractivity contribution in [2.45, 2.75) is 23.8 Å². The van der Waals surface area contributed by atoms with Crippen LogP contribution >= 0.6 is 0 Å². The Morgan fingerprint density at radius 2 is 2.05 bits per heavy atom. The van der Waals surface area contributed by atoms with Crippen molar-refractivity contribution in [3.63, 3.8) is 0 Å². The van der Waals surface area contributed by atoms with Crippen molar-refractivity contribution in [1.82, 2.24) is 9.62 Å². The number of benzene rings is 1. The Hall–Kier alpha value is -2.00. The maximum absolute atomic E-state index is 13.7. The van der Waals surface area contributed by atoms with E-state index < -0.39 is 32.7 Å². The van der Waals surface area contributed by atoms with Crippen molar-refractivity contribution in [2.24, 2.45) is 0 Å². The molecule has 1 atom stereocenters. The van der Waals surface area contributed by atoms with Gasteiger partial charge in [0.05, 0.1) is 5.69 Å². The van der Waals surface area contributed by atoms with Gasteiger partial charge in [-0.3, -0.25) is 14.5 Å². The largest absolute Gasteiger partial charge is 0.398 e. The molecular formula is C12H14FN3O4S. The third-order valence-electron chi connectivity index (χ3n) is 3.21. The summed E-state index contributed by atoms with van der Waals surface area (Å²) < 4.78 is 40.2. The number of likely N-dealkylation sites (tertiary alicyclic amines) is 1. The molecule has 3 N–H and O–H groups in total. The zero-order valence-corrected chi connectivity index (χ0v) is 12.0. The van der Waals surface area contributed by atoms with Crippen LogP contribution in [0, 0.1) is 5.82 Å². The van der Waals surface area contributed by atoms with Gasteiger partial charge in [-0.1, -0.05) is 6.07 Å². The van der Waals surface area contributed by atoms with E-state index >= 15 is 0 Å². The molecule has 9 heteroatoms. The minimum atomic E-state index is -4.30. The average molecular weight is 315 g/mol. The lowest BCUT2D eigenvalue weighted by Gasteiger charge is -2.28. The molecule has 1 aromatic carbocycles. The average Bonchev–Trinajstić information content (AvgIpc) is 2.39. The fourth-order valence-electron chi connectivity index (χ4n) is 2.08. The Labute approximate surface area is 121 Å². The van der Waals surface area contributed by atoms with Crippen LogP contribution in [-0.2, 0) is 19.6 Å². The van der Waals surface area contributed by atoms with Crippen LogP contribution in [-0.4, -0.2) is 38.2 Å². The molecule has 2 rings (SSSR count).